The number of aromatic carboxylic acids is 1. The second-order valence-corrected chi connectivity index (χ2v) is 3.99. The number of ether oxygens (including phenoxy) is 2. The minimum absolute atomic E-state index is 0.155. The normalized spacial score (nSPS) is 9.76. The molecule has 1 rings (SSSR count). The molecule has 1 aromatic rings. The molecule has 92 valence electrons. The van der Waals surface area contributed by atoms with Crippen molar-refractivity contribution in [3.8, 4) is 5.75 Å². The molecular formula is C11H11BrO5. The largest absolute Gasteiger partial charge is 0.489 e. The van der Waals surface area contributed by atoms with Gasteiger partial charge >= 0.3 is 11.9 Å². The Bertz CT molecular complexity index is 430. The van der Waals surface area contributed by atoms with Gasteiger partial charge in [-0.15, -0.1) is 0 Å². The SMILES string of the molecule is CC(=O)OCCOc1ccc(C(=O)O)cc1Br. The third kappa shape index (κ3) is 4.44. The standard InChI is InChI=1S/C11H11BrO5/c1-7(13)16-4-5-17-10-3-2-8(11(14)15)6-9(10)12/h2-3,6H,4-5H2,1H3,(H,14,15). The van der Waals surface area contributed by atoms with Crippen LogP contribution in [0.4, 0.5) is 0 Å². The van der Waals surface area contributed by atoms with Crippen molar-refractivity contribution in [2.45, 2.75) is 6.92 Å². The second-order valence-electron chi connectivity index (χ2n) is 3.14. The maximum atomic E-state index is 10.7. The van der Waals surface area contributed by atoms with Crippen LogP contribution < -0.4 is 4.74 Å². The maximum absolute atomic E-state index is 10.7. The molecule has 5 nitrogen and oxygen atoms in total. The lowest BCUT2D eigenvalue weighted by Gasteiger charge is -2.08. The Balaban J connectivity index is 2.54. The van der Waals surface area contributed by atoms with Gasteiger partial charge in [0.2, 0.25) is 0 Å². The van der Waals surface area contributed by atoms with Crippen LogP contribution in [0.2, 0.25) is 0 Å². The Morgan fingerprint density at radius 3 is 2.59 bits per heavy atom. The molecule has 1 N–H and O–H groups in total. The topological polar surface area (TPSA) is 72.8 Å². The Labute approximate surface area is 106 Å². The van der Waals surface area contributed by atoms with Gasteiger partial charge in [0.15, 0.2) is 0 Å². The van der Waals surface area contributed by atoms with Crippen LogP contribution in [0.3, 0.4) is 0 Å². The highest BCUT2D eigenvalue weighted by Crippen LogP contribution is 2.25. The van der Waals surface area contributed by atoms with Gasteiger partial charge in [0.05, 0.1) is 10.0 Å². The predicted molar refractivity (Wildman–Crippen MR) is 63.2 cm³/mol. The van der Waals surface area contributed by atoms with Crippen LogP contribution in [0.25, 0.3) is 0 Å². The number of carbonyl (C=O) groups is 2. The molecule has 0 fully saturated rings. The number of esters is 1. The summed E-state index contributed by atoms with van der Waals surface area (Å²) in [6.07, 6.45) is 0. The van der Waals surface area contributed by atoms with Crippen molar-refractivity contribution in [3.63, 3.8) is 0 Å². The van der Waals surface area contributed by atoms with E-state index in [1.165, 1.54) is 19.1 Å². The predicted octanol–water partition coefficient (Wildman–Crippen LogP) is 2.09. The summed E-state index contributed by atoms with van der Waals surface area (Å²) >= 11 is 3.20. The van der Waals surface area contributed by atoms with Crippen LogP contribution in [0.1, 0.15) is 17.3 Å². The number of hydrogen-bond donors (Lipinski definition) is 1. The van der Waals surface area contributed by atoms with E-state index in [0.29, 0.717) is 10.2 Å². The first kappa shape index (κ1) is 13.5. The van der Waals surface area contributed by atoms with Gasteiger partial charge in [0.25, 0.3) is 0 Å². The lowest BCUT2D eigenvalue weighted by molar-refractivity contribution is -0.141. The first-order valence-corrected chi connectivity index (χ1v) is 5.59. The highest BCUT2D eigenvalue weighted by molar-refractivity contribution is 9.10. The molecule has 0 spiro atoms. The molecule has 0 amide bonds. The summed E-state index contributed by atoms with van der Waals surface area (Å²) in [7, 11) is 0. The summed E-state index contributed by atoms with van der Waals surface area (Å²) in [5.74, 6) is -0.867. The summed E-state index contributed by atoms with van der Waals surface area (Å²) in [6.45, 7) is 1.69. The number of carboxylic acids is 1. The quantitative estimate of drug-likeness (QED) is 0.666. The summed E-state index contributed by atoms with van der Waals surface area (Å²) < 4.78 is 10.5. The Kier molecular flexibility index (Phi) is 4.96. The lowest BCUT2D eigenvalue weighted by atomic mass is 10.2. The van der Waals surface area contributed by atoms with Crippen LogP contribution in [0.5, 0.6) is 5.75 Å². The fraction of sp³-hybridized carbons (Fsp3) is 0.273. The second kappa shape index (κ2) is 6.24. The van der Waals surface area contributed by atoms with Crippen molar-refractivity contribution in [1.29, 1.82) is 0 Å². The zero-order valence-corrected chi connectivity index (χ0v) is 10.7. The average Bonchev–Trinajstić information content (AvgIpc) is 2.25. The van der Waals surface area contributed by atoms with E-state index < -0.39 is 5.97 Å². The highest BCUT2D eigenvalue weighted by Gasteiger charge is 2.07. The van der Waals surface area contributed by atoms with Crippen molar-refractivity contribution in [2.24, 2.45) is 0 Å². The molecule has 0 saturated carbocycles. The van der Waals surface area contributed by atoms with E-state index in [4.69, 9.17) is 14.6 Å². The number of rotatable bonds is 5. The molecule has 6 heteroatoms. The molecule has 0 aliphatic heterocycles. The number of carboxylic acid groups (broad SMARTS) is 1. The molecule has 0 atom stereocenters. The lowest BCUT2D eigenvalue weighted by Crippen LogP contribution is -2.09. The average molecular weight is 303 g/mol. The Morgan fingerprint density at radius 1 is 1.35 bits per heavy atom. The molecule has 0 saturated heterocycles. The Morgan fingerprint density at radius 2 is 2.06 bits per heavy atom. The van der Waals surface area contributed by atoms with Crippen LogP contribution in [0.15, 0.2) is 22.7 Å². The smallest absolute Gasteiger partial charge is 0.335 e. The van der Waals surface area contributed by atoms with Gasteiger partial charge in [-0.3, -0.25) is 4.79 Å². The molecule has 0 aliphatic rings. The van der Waals surface area contributed by atoms with E-state index in [1.54, 1.807) is 6.07 Å². The van der Waals surface area contributed by atoms with Crippen molar-refractivity contribution >= 4 is 27.9 Å². The summed E-state index contributed by atoms with van der Waals surface area (Å²) in [5, 5.41) is 8.76. The monoisotopic (exact) mass is 302 g/mol. The van der Waals surface area contributed by atoms with Crippen LogP contribution in [-0.4, -0.2) is 30.3 Å². The number of carbonyl (C=O) groups excluding carboxylic acids is 1. The van der Waals surface area contributed by atoms with Crippen molar-refractivity contribution in [1.82, 2.24) is 0 Å². The van der Waals surface area contributed by atoms with Gasteiger partial charge in [0, 0.05) is 6.92 Å². The summed E-state index contributed by atoms with van der Waals surface area (Å²) in [4.78, 5) is 21.2. The van der Waals surface area contributed by atoms with E-state index in [0.717, 1.165) is 0 Å². The van der Waals surface area contributed by atoms with Gasteiger partial charge in [-0.1, -0.05) is 0 Å². The fourth-order valence-corrected chi connectivity index (χ4v) is 1.58. The first-order chi connectivity index (χ1) is 8.00. The molecule has 0 unspecified atom stereocenters. The maximum Gasteiger partial charge on any atom is 0.335 e. The van der Waals surface area contributed by atoms with Gasteiger partial charge in [-0.25, -0.2) is 4.79 Å². The van der Waals surface area contributed by atoms with E-state index in [9.17, 15) is 9.59 Å². The van der Waals surface area contributed by atoms with Crippen LogP contribution in [0, 0.1) is 0 Å². The third-order valence-electron chi connectivity index (χ3n) is 1.83. The van der Waals surface area contributed by atoms with E-state index in [-0.39, 0.29) is 24.7 Å². The minimum Gasteiger partial charge on any atom is -0.489 e. The van der Waals surface area contributed by atoms with Crippen molar-refractivity contribution in [2.75, 3.05) is 13.2 Å². The summed E-state index contributed by atoms with van der Waals surface area (Å²) in [5.41, 5.74) is 0.171. The van der Waals surface area contributed by atoms with Crippen molar-refractivity contribution in [3.05, 3.63) is 28.2 Å². The molecular weight excluding hydrogens is 292 g/mol. The number of hydrogen-bond acceptors (Lipinski definition) is 4. The highest BCUT2D eigenvalue weighted by atomic mass is 79.9. The van der Waals surface area contributed by atoms with Crippen LogP contribution >= 0.6 is 15.9 Å². The zero-order chi connectivity index (χ0) is 12.8. The molecule has 1 aromatic carbocycles. The minimum atomic E-state index is -1.00. The molecule has 0 heterocycles. The van der Waals surface area contributed by atoms with E-state index >= 15 is 0 Å². The Hall–Kier alpha value is -1.56. The number of benzene rings is 1. The van der Waals surface area contributed by atoms with Gasteiger partial charge < -0.3 is 14.6 Å². The van der Waals surface area contributed by atoms with Gasteiger partial charge in [0.1, 0.15) is 19.0 Å². The number of halogens is 1. The first-order valence-electron chi connectivity index (χ1n) is 4.79. The fourth-order valence-electron chi connectivity index (χ4n) is 1.09. The zero-order valence-electron chi connectivity index (χ0n) is 9.10. The third-order valence-corrected chi connectivity index (χ3v) is 2.44. The summed E-state index contributed by atoms with van der Waals surface area (Å²) in [6, 6.07) is 4.43. The van der Waals surface area contributed by atoms with E-state index in [1.807, 2.05) is 0 Å². The molecule has 0 radical (unpaired) electrons. The molecule has 0 aliphatic carbocycles. The molecule has 0 aromatic heterocycles. The van der Waals surface area contributed by atoms with Crippen LogP contribution in [-0.2, 0) is 9.53 Å². The van der Waals surface area contributed by atoms with E-state index in [2.05, 4.69) is 15.9 Å². The molecule has 0 bridgehead atoms. The van der Waals surface area contributed by atoms with Gasteiger partial charge in [-0.05, 0) is 34.1 Å². The molecule has 17 heavy (non-hydrogen) atoms. The van der Waals surface area contributed by atoms with Crippen molar-refractivity contribution < 1.29 is 24.2 Å². The van der Waals surface area contributed by atoms with Gasteiger partial charge in [-0.2, -0.15) is 0 Å².